The lowest BCUT2D eigenvalue weighted by Gasteiger charge is -2.26. The molecule has 0 aliphatic carbocycles. The molecule has 2 unspecified atom stereocenters. The minimum Gasteiger partial charge on any atom is -0.497 e. The molecule has 1 aliphatic rings. The van der Waals surface area contributed by atoms with E-state index in [0.29, 0.717) is 5.92 Å². The van der Waals surface area contributed by atoms with E-state index in [2.05, 4.69) is 60.1 Å². The number of ether oxygens (including phenoxy) is 2. The number of nitrogens with zero attached hydrogens (tertiary/aromatic N) is 1. The molecule has 0 bridgehead atoms. The van der Waals surface area contributed by atoms with Gasteiger partial charge in [0, 0.05) is 37.2 Å². The van der Waals surface area contributed by atoms with E-state index in [1.54, 1.807) is 14.2 Å². The summed E-state index contributed by atoms with van der Waals surface area (Å²) in [7, 11) is 5.57. The minimum atomic E-state index is 0.204. The molecule has 5 nitrogen and oxygen atoms in total. The first-order valence-electron chi connectivity index (χ1n) is 9.61. The lowest BCUT2D eigenvalue weighted by atomic mass is 9.93. The molecular formula is C22H31N3O2. The molecule has 2 atom stereocenters. The molecule has 1 saturated heterocycles. The van der Waals surface area contributed by atoms with Gasteiger partial charge in [-0.2, -0.15) is 0 Å². The molecule has 0 saturated carbocycles. The predicted octanol–water partition coefficient (Wildman–Crippen LogP) is 3.16. The quantitative estimate of drug-likeness (QED) is 0.748. The van der Waals surface area contributed by atoms with Crippen molar-refractivity contribution in [3.63, 3.8) is 0 Å². The van der Waals surface area contributed by atoms with Gasteiger partial charge in [-0.25, -0.2) is 5.43 Å². The molecule has 0 aromatic heterocycles. The van der Waals surface area contributed by atoms with Crippen LogP contribution in [0.15, 0.2) is 42.5 Å². The second kappa shape index (κ2) is 9.22. The number of methoxy groups -OCH3 is 2. The van der Waals surface area contributed by atoms with Gasteiger partial charge in [-0.15, -0.1) is 0 Å². The van der Waals surface area contributed by atoms with Crippen LogP contribution in [0.25, 0.3) is 0 Å². The third-order valence-electron chi connectivity index (χ3n) is 5.30. The summed E-state index contributed by atoms with van der Waals surface area (Å²) >= 11 is 0. The lowest BCUT2D eigenvalue weighted by molar-refractivity contribution is 0.260. The van der Waals surface area contributed by atoms with Gasteiger partial charge in [0.2, 0.25) is 0 Å². The van der Waals surface area contributed by atoms with E-state index in [1.807, 2.05) is 12.1 Å². The first kappa shape index (κ1) is 19.7. The van der Waals surface area contributed by atoms with Gasteiger partial charge in [-0.05, 0) is 30.7 Å². The minimum absolute atomic E-state index is 0.204. The third kappa shape index (κ3) is 4.80. The van der Waals surface area contributed by atoms with Crippen molar-refractivity contribution >= 4 is 0 Å². The van der Waals surface area contributed by atoms with Crippen LogP contribution in [0.5, 0.6) is 11.5 Å². The van der Waals surface area contributed by atoms with Gasteiger partial charge < -0.3 is 14.4 Å². The number of hydrogen-bond acceptors (Lipinski definition) is 5. The summed E-state index contributed by atoms with van der Waals surface area (Å²) in [4.78, 5) is 2.39. The highest BCUT2D eigenvalue weighted by atomic mass is 16.5. The van der Waals surface area contributed by atoms with Crippen molar-refractivity contribution in [2.75, 3.05) is 34.4 Å². The van der Waals surface area contributed by atoms with Crippen LogP contribution in [0.2, 0.25) is 0 Å². The van der Waals surface area contributed by atoms with E-state index in [0.717, 1.165) is 43.1 Å². The van der Waals surface area contributed by atoms with E-state index in [4.69, 9.17) is 9.47 Å². The molecule has 1 heterocycles. The van der Waals surface area contributed by atoms with Gasteiger partial charge in [0.15, 0.2) is 0 Å². The predicted molar refractivity (Wildman–Crippen MR) is 109 cm³/mol. The van der Waals surface area contributed by atoms with Crippen molar-refractivity contribution in [2.45, 2.75) is 25.9 Å². The summed E-state index contributed by atoms with van der Waals surface area (Å²) in [6, 6.07) is 15.2. The molecule has 0 amide bonds. The van der Waals surface area contributed by atoms with Crippen molar-refractivity contribution in [3.05, 3.63) is 59.2 Å². The van der Waals surface area contributed by atoms with Gasteiger partial charge in [-0.3, -0.25) is 5.43 Å². The second-order valence-electron chi connectivity index (χ2n) is 7.24. The smallest absolute Gasteiger partial charge is 0.127 e. The molecule has 2 N–H and O–H groups in total. The van der Waals surface area contributed by atoms with Crippen molar-refractivity contribution in [1.82, 2.24) is 15.8 Å². The Hall–Kier alpha value is -2.08. The fraction of sp³-hybridized carbons (Fsp3) is 0.455. The van der Waals surface area contributed by atoms with Crippen molar-refractivity contribution < 1.29 is 9.47 Å². The zero-order valence-electron chi connectivity index (χ0n) is 16.8. The lowest BCUT2D eigenvalue weighted by Crippen LogP contribution is -2.30. The largest absolute Gasteiger partial charge is 0.497 e. The molecule has 146 valence electrons. The molecule has 2 aromatic carbocycles. The van der Waals surface area contributed by atoms with Crippen molar-refractivity contribution in [2.24, 2.45) is 5.92 Å². The highest BCUT2D eigenvalue weighted by Crippen LogP contribution is 2.34. The highest BCUT2D eigenvalue weighted by molar-refractivity contribution is 5.43. The van der Waals surface area contributed by atoms with Crippen LogP contribution in [-0.2, 0) is 13.0 Å². The van der Waals surface area contributed by atoms with Crippen molar-refractivity contribution in [1.29, 1.82) is 0 Å². The number of benzene rings is 2. The molecule has 0 radical (unpaired) electrons. The maximum absolute atomic E-state index is 5.61. The summed E-state index contributed by atoms with van der Waals surface area (Å²) in [6.45, 7) is 5.07. The highest BCUT2D eigenvalue weighted by Gasteiger charge is 2.31. The molecule has 2 aromatic rings. The fourth-order valence-electron chi connectivity index (χ4n) is 3.77. The van der Waals surface area contributed by atoms with Crippen molar-refractivity contribution in [3.8, 4) is 11.5 Å². The summed E-state index contributed by atoms with van der Waals surface area (Å²) in [6.07, 6.45) is 1.08. The van der Waals surface area contributed by atoms with Crippen LogP contribution >= 0.6 is 0 Å². The van der Waals surface area contributed by atoms with Gasteiger partial charge in [0.25, 0.3) is 0 Å². The fourth-order valence-corrected chi connectivity index (χ4v) is 3.77. The molecule has 3 rings (SSSR count). The Morgan fingerprint density at radius 1 is 1.04 bits per heavy atom. The molecule has 5 heteroatoms. The average Bonchev–Trinajstić information content (AvgIpc) is 3.15. The van der Waals surface area contributed by atoms with E-state index in [1.165, 1.54) is 11.1 Å². The summed E-state index contributed by atoms with van der Waals surface area (Å²) in [5.74, 6) is 2.12. The number of nitrogens with one attached hydrogen (secondary N) is 2. The van der Waals surface area contributed by atoms with Crippen LogP contribution < -0.4 is 20.3 Å². The number of rotatable bonds is 8. The molecular weight excluding hydrogens is 338 g/mol. The first-order chi connectivity index (χ1) is 13.1. The van der Waals surface area contributed by atoms with Crippen LogP contribution in [0.4, 0.5) is 0 Å². The Balaban J connectivity index is 1.67. The Bertz CT molecular complexity index is 733. The topological polar surface area (TPSA) is 45.8 Å². The Morgan fingerprint density at radius 2 is 1.78 bits per heavy atom. The van der Waals surface area contributed by atoms with Crippen LogP contribution in [-0.4, -0.2) is 39.3 Å². The summed E-state index contributed by atoms with van der Waals surface area (Å²) in [5, 5.41) is 0. The SMILES string of the molecule is CCc1ccc(CN(C)CC2CNNC2c2ccc(OC)cc2OC)cc1. The molecule has 0 spiro atoms. The maximum Gasteiger partial charge on any atom is 0.127 e. The Labute approximate surface area is 162 Å². The Morgan fingerprint density at radius 3 is 2.44 bits per heavy atom. The molecule has 1 aliphatic heterocycles. The molecule has 27 heavy (non-hydrogen) atoms. The normalized spacial score (nSPS) is 19.4. The first-order valence-corrected chi connectivity index (χ1v) is 9.61. The van der Waals surface area contributed by atoms with E-state index >= 15 is 0 Å². The maximum atomic E-state index is 5.61. The zero-order valence-corrected chi connectivity index (χ0v) is 16.8. The van der Waals surface area contributed by atoms with Gasteiger partial charge in [0.05, 0.1) is 20.3 Å². The third-order valence-corrected chi connectivity index (χ3v) is 5.30. The number of hydrogen-bond donors (Lipinski definition) is 2. The van der Waals surface area contributed by atoms with Gasteiger partial charge in [0.1, 0.15) is 11.5 Å². The van der Waals surface area contributed by atoms with Crippen LogP contribution in [0, 0.1) is 5.92 Å². The summed E-state index contributed by atoms with van der Waals surface area (Å²) < 4.78 is 10.9. The Kier molecular flexibility index (Phi) is 6.72. The van der Waals surface area contributed by atoms with E-state index in [-0.39, 0.29) is 6.04 Å². The number of aryl methyl sites for hydroxylation is 1. The standard InChI is InChI=1S/C22H31N3O2/c1-5-16-6-8-17(9-7-16)14-25(2)15-18-13-23-24-22(18)20-11-10-19(26-3)12-21(20)27-4/h6-12,18,22-24H,5,13-15H2,1-4H3. The monoisotopic (exact) mass is 369 g/mol. The summed E-state index contributed by atoms with van der Waals surface area (Å²) in [5.41, 5.74) is 10.6. The average molecular weight is 370 g/mol. The second-order valence-corrected chi connectivity index (χ2v) is 7.24. The number of hydrazine groups is 1. The van der Waals surface area contributed by atoms with E-state index in [9.17, 15) is 0 Å². The molecule has 1 fully saturated rings. The van der Waals surface area contributed by atoms with E-state index < -0.39 is 0 Å². The van der Waals surface area contributed by atoms with Gasteiger partial charge >= 0.3 is 0 Å². The van der Waals surface area contributed by atoms with Crippen LogP contribution in [0.1, 0.15) is 29.7 Å². The van der Waals surface area contributed by atoms with Crippen LogP contribution in [0.3, 0.4) is 0 Å². The zero-order chi connectivity index (χ0) is 19.2. The van der Waals surface area contributed by atoms with Gasteiger partial charge in [-0.1, -0.05) is 37.3 Å².